The molecule has 8 heteroatoms. The van der Waals surface area contributed by atoms with Crippen LogP contribution >= 0.6 is 12.2 Å². The van der Waals surface area contributed by atoms with Gasteiger partial charge in [0.2, 0.25) is 0 Å². The van der Waals surface area contributed by atoms with Gasteiger partial charge in [0.1, 0.15) is 0 Å². The lowest BCUT2D eigenvalue weighted by Gasteiger charge is -2.34. The Kier molecular flexibility index (Phi) is 8.14. The summed E-state index contributed by atoms with van der Waals surface area (Å²) in [6.07, 6.45) is 3.39. The maximum Gasteiger partial charge on any atom is 0.262 e. The van der Waals surface area contributed by atoms with E-state index < -0.39 is 0 Å². The van der Waals surface area contributed by atoms with Crippen LogP contribution in [0.15, 0.2) is 41.2 Å². The van der Waals surface area contributed by atoms with E-state index in [1.807, 2.05) is 38.1 Å². The Morgan fingerprint density at radius 3 is 2.42 bits per heavy atom. The molecule has 1 amide bonds. The number of carbonyl (C=O) groups excluding carboxylic acids is 1. The highest BCUT2D eigenvalue weighted by Gasteiger charge is 2.28. The normalized spacial score (nSPS) is 19.7. The first-order valence-corrected chi connectivity index (χ1v) is 13.2. The van der Waals surface area contributed by atoms with Crippen molar-refractivity contribution >= 4 is 29.0 Å². The highest BCUT2D eigenvalue weighted by molar-refractivity contribution is 7.71. The van der Waals surface area contributed by atoms with E-state index in [0.29, 0.717) is 64.3 Å². The highest BCUT2D eigenvalue weighted by Crippen LogP contribution is 2.31. The van der Waals surface area contributed by atoms with Crippen LogP contribution in [0.5, 0.6) is 11.5 Å². The second-order valence-corrected chi connectivity index (χ2v) is 9.96. The summed E-state index contributed by atoms with van der Waals surface area (Å²) in [4.78, 5) is 29.3. The van der Waals surface area contributed by atoms with E-state index in [-0.39, 0.29) is 17.5 Å². The number of nitrogens with zero attached hydrogens (tertiary/aromatic N) is 1. The Morgan fingerprint density at radius 1 is 1.08 bits per heavy atom. The van der Waals surface area contributed by atoms with Crippen molar-refractivity contribution in [2.45, 2.75) is 59.5 Å². The molecule has 0 spiro atoms. The molecule has 4 rings (SSSR count). The zero-order valence-corrected chi connectivity index (χ0v) is 22.2. The Balaban J connectivity index is 1.56. The van der Waals surface area contributed by atoms with Crippen molar-refractivity contribution in [1.82, 2.24) is 14.9 Å². The molecular formula is C28H35N3O4S. The quantitative estimate of drug-likeness (QED) is 0.394. The lowest BCUT2D eigenvalue weighted by Crippen LogP contribution is -2.43. The number of rotatable bonds is 8. The summed E-state index contributed by atoms with van der Waals surface area (Å²) in [5.41, 5.74) is 1.89. The predicted molar refractivity (Wildman–Crippen MR) is 145 cm³/mol. The molecule has 0 radical (unpaired) electrons. The number of fused-ring (bicyclic) bond motifs is 1. The lowest BCUT2D eigenvalue weighted by molar-refractivity contribution is 0.0891. The molecule has 1 aromatic heterocycles. The van der Waals surface area contributed by atoms with Gasteiger partial charge in [-0.15, -0.1) is 0 Å². The van der Waals surface area contributed by atoms with E-state index in [4.69, 9.17) is 21.7 Å². The number of aromatic nitrogens is 2. The third-order valence-corrected chi connectivity index (χ3v) is 7.55. The van der Waals surface area contributed by atoms with Gasteiger partial charge in [0, 0.05) is 17.7 Å². The minimum Gasteiger partial charge on any atom is -0.490 e. The first-order valence-electron chi connectivity index (χ1n) is 12.8. The third kappa shape index (κ3) is 5.48. The molecule has 1 fully saturated rings. The molecule has 0 aliphatic heterocycles. The van der Waals surface area contributed by atoms with E-state index in [0.717, 1.165) is 18.4 Å². The standard InChI is InChI=1S/C28H35N3O4S/c1-5-34-24-14-21-23(15-25(24)35-6-2)30-28(36)31(27(21)33)16-19-10-12-20(13-11-19)26(32)29-22-9-7-8-17(3)18(22)4/h10-15,17-18,22H,5-9,16H2,1-4H3,(H,29,32)(H,30,36). The molecule has 1 saturated carbocycles. The summed E-state index contributed by atoms with van der Waals surface area (Å²) < 4.78 is 13.2. The molecule has 3 unspecified atom stereocenters. The molecule has 1 aliphatic carbocycles. The fourth-order valence-electron chi connectivity index (χ4n) is 4.92. The number of carbonyl (C=O) groups is 1. The van der Waals surface area contributed by atoms with Crippen molar-refractivity contribution in [1.29, 1.82) is 0 Å². The SMILES string of the molecule is CCOc1cc2[nH]c(=S)n(Cc3ccc(C(=O)NC4CCCC(C)C4C)cc3)c(=O)c2cc1OCC. The molecule has 36 heavy (non-hydrogen) atoms. The van der Waals surface area contributed by atoms with Crippen LogP contribution in [-0.2, 0) is 6.54 Å². The largest absolute Gasteiger partial charge is 0.490 e. The molecule has 2 aromatic carbocycles. The van der Waals surface area contributed by atoms with Gasteiger partial charge in [-0.25, -0.2) is 0 Å². The maximum atomic E-state index is 13.3. The average Bonchev–Trinajstić information content (AvgIpc) is 2.86. The summed E-state index contributed by atoms with van der Waals surface area (Å²) in [7, 11) is 0. The molecule has 0 bridgehead atoms. The summed E-state index contributed by atoms with van der Waals surface area (Å²) in [5, 5.41) is 3.69. The number of hydrogen-bond donors (Lipinski definition) is 2. The van der Waals surface area contributed by atoms with E-state index in [1.54, 1.807) is 12.1 Å². The molecule has 192 valence electrons. The van der Waals surface area contributed by atoms with Crippen LogP contribution in [-0.4, -0.2) is 34.7 Å². The fraction of sp³-hybridized carbons (Fsp3) is 0.464. The highest BCUT2D eigenvalue weighted by atomic mass is 32.1. The number of hydrogen-bond acceptors (Lipinski definition) is 5. The molecule has 3 atom stereocenters. The number of benzene rings is 2. The zero-order chi connectivity index (χ0) is 25.8. The van der Waals surface area contributed by atoms with Crippen molar-refractivity contribution in [3.05, 3.63) is 62.6 Å². The van der Waals surface area contributed by atoms with Crippen LogP contribution in [0, 0.1) is 16.6 Å². The molecule has 3 aromatic rings. The second kappa shape index (κ2) is 11.3. The number of nitrogens with one attached hydrogen (secondary N) is 2. The van der Waals surface area contributed by atoms with Gasteiger partial charge in [-0.05, 0) is 68.1 Å². The Labute approximate surface area is 216 Å². The summed E-state index contributed by atoms with van der Waals surface area (Å²) >= 11 is 5.51. The lowest BCUT2D eigenvalue weighted by atomic mass is 9.78. The summed E-state index contributed by atoms with van der Waals surface area (Å²) in [6.45, 7) is 9.49. The van der Waals surface area contributed by atoms with Crippen molar-refractivity contribution in [3.63, 3.8) is 0 Å². The van der Waals surface area contributed by atoms with Crippen molar-refractivity contribution in [3.8, 4) is 11.5 Å². The summed E-state index contributed by atoms with van der Waals surface area (Å²) in [5.74, 6) is 2.13. The maximum absolute atomic E-state index is 13.3. The van der Waals surface area contributed by atoms with E-state index in [2.05, 4.69) is 24.1 Å². The molecule has 1 aliphatic rings. The Hall–Kier alpha value is -3.13. The van der Waals surface area contributed by atoms with Gasteiger partial charge in [0.15, 0.2) is 16.3 Å². The molecular weight excluding hydrogens is 474 g/mol. The van der Waals surface area contributed by atoms with Gasteiger partial charge in [0.05, 0.1) is 30.7 Å². The van der Waals surface area contributed by atoms with Crippen LogP contribution in [0.1, 0.15) is 62.9 Å². The van der Waals surface area contributed by atoms with E-state index in [9.17, 15) is 9.59 Å². The first-order chi connectivity index (χ1) is 17.3. The number of aromatic amines is 1. The first kappa shape index (κ1) is 25.9. The fourth-order valence-corrected chi connectivity index (χ4v) is 5.18. The van der Waals surface area contributed by atoms with Crippen molar-refractivity contribution in [2.75, 3.05) is 13.2 Å². The Morgan fingerprint density at radius 2 is 1.75 bits per heavy atom. The van der Waals surface area contributed by atoms with Crippen LogP contribution in [0.2, 0.25) is 0 Å². The molecule has 2 N–H and O–H groups in total. The third-order valence-electron chi connectivity index (χ3n) is 7.23. The van der Waals surface area contributed by atoms with Gasteiger partial charge in [0.25, 0.3) is 11.5 Å². The van der Waals surface area contributed by atoms with Crippen molar-refractivity contribution in [2.24, 2.45) is 11.8 Å². The topological polar surface area (TPSA) is 85.4 Å². The van der Waals surface area contributed by atoms with Crippen LogP contribution < -0.4 is 20.3 Å². The van der Waals surface area contributed by atoms with Gasteiger partial charge in [-0.2, -0.15) is 0 Å². The van der Waals surface area contributed by atoms with Gasteiger partial charge in [-0.3, -0.25) is 14.2 Å². The minimum absolute atomic E-state index is 0.0544. The second-order valence-electron chi connectivity index (χ2n) is 9.58. The van der Waals surface area contributed by atoms with Crippen LogP contribution in [0.4, 0.5) is 0 Å². The zero-order valence-electron chi connectivity index (χ0n) is 21.4. The van der Waals surface area contributed by atoms with Crippen molar-refractivity contribution < 1.29 is 14.3 Å². The minimum atomic E-state index is -0.208. The molecule has 1 heterocycles. The Bertz CT molecular complexity index is 1350. The van der Waals surface area contributed by atoms with E-state index >= 15 is 0 Å². The summed E-state index contributed by atoms with van der Waals surface area (Å²) in [6, 6.07) is 11.0. The monoisotopic (exact) mass is 509 g/mol. The van der Waals surface area contributed by atoms with Crippen LogP contribution in [0.25, 0.3) is 10.9 Å². The van der Waals surface area contributed by atoms with Gasteiger partial charge >= 0.3 is 0 Å². The smallest absolute Gasteiger partial charge is 0.262 e. The number of H-pyrrole nitrogens is 1. The molecule has 0 saturated heterocycles. The van der Waals surface area contributed by atoms with Gasteiger partial charge < -0.3 is 19.8 Å². The van der Waals surface area contributed by atoms with E-state index in [1.165, 1.54) is 11.0 Å². The van der Waals surface area contributed by atoms with Crippen LogP contribution in [0.3, 0.4) is 0 Å². The molecule has 7 nitrogen and oxygen atoms in total. The van der Waals surface area contributed by atoms with Gasteiger partial charge in [-0.1, -0.05) is 38.8 Å². The predicted octanol–water partition coefficient (Wildman–Crippen LogP) is 5.46. The average molecular weight is 510 g/mol. The number of amides is 1. The number of ether oxygens (including phenoxy) is 2.